The van der Waals surface area contributed by atoms with Crippen LogP contribution in [0.2, 0.25) is 0 Å². The van der Waals surface area contributed by atoms with Gasteiger partial charge in [-0.05, 0) is 0 Å². The number of aromatic nitrogens is 2. The lowest BCUT2D eigenvalue weighted by Gasteiger charge is -2.29. The zero-order chi connectivity index (χ0) is 13.0. The van der Waals surface area contributed by atoms with Gasteiger partial charge in [-0.3, -0.25) is 0 Å². The largest absolute Gasteiger partial charge is 0.828 e. The lowest BCUT2D eigenvalue weighted by atomic mass is 10.5. The van der Waals surface area contributed by atoms with Crippen molar-refractivity contribution >= 4 is 9.05 Å². The fourth-order valence-corrected chi connectivity index (χ4v) is 0.684. The molecule has 0 atom stereocenters. The zero-order valence-electron chi connectivity index (χ0n) is 8.98. The van der Waals surface area contributed by atoms with E-state index in [-0.39, 0.29) is 0 Å². The molecule has 0 aliphatic heterocycles. The summed E-state index contributed by atoms with van der Waals surface area (Å²) in [6.45, 7) is 0. The van der Waals surface area contributed by atoms with E-state index in [1.165, 1.54) is 0 Å². The third kappa shape index (κ3) is 20.4. The van der Waals surface area contributed by atoms with Gasteiger partial charge in [-0.2, -0.15) is 0 Å². The van der Waals surface area contributed by atoms with Crippen LogP contribution in [0.4, 0.5) is 0 Å². The Morgan fingerprint density at radius 3 is 0.941 bits per heavy atom. The minimum atomic E-state index is -5.11. The van der Waals surface area contributed by atoms with E-state index in [1.54, 1.807) is 0 Å². The summed E-state index contributed by atoms with van der Waals surface area (Å²) < 4.78 is 0. The first-order chi connectivity index (χ1) is 8.00. The standard InChI is InChI=1S/2C5H5N.H2O4Si/c2*1-2-4-6-5-3-1;1-5(2,3)4/h2*1-5H;1-2H/q;;-2/p+2. The highest BCUT2D eigenvalue weighted by molar-refractivity contribution is 6.42. The van der Waals surface area contributed by atoms with Crippen molar-refractivity contribution in [2.45, 2.75) is 0 Å². The molecule has 0 radical (unpaired) electrons. The van der Waals surface area contributed by atoms with Crippen LogP contribution in [0.3, 0.4) is 0 Å². The van der Waals surface area contributed by atoms with E-state index in [9.17, 15) is 0 Å². The smallest absolute Gasteiger partial charge is 0.166 e. The molecule has 0 aliphatic carbocycles. The molecule has 0 amide bonds. The van der Waals surface area contributed by atoms with Crippen molar-refractivity contribution < 1.29 is 29.2 Å². The highest BCUT2D eigenvalue weighted by atomic mass is 28.4. The van der Waals surface area contributed by atoms with E-state index in [0.717, 1.165) is 0 Å². The van der Waals surface area contributed by atoms with Gasteiger partial charge < -0.3 is 19.2 Å². The molecule has 4 N–H and O–H groups in total. The summed E-state index contributed by atoms with van der Waals surface area (Å²) in [6, 6.07) is 11.7. The zero-order valence-corrected chi connectivity index (χ0v) is 9.98. The third-order valence-corrected chi connectivity index (χ3v) is 1.21. The number of nitrogens with one attached hydrogen (secondary N) is 2. The van der Waals surface area contributed by atoms with Crippen molar-refractivity contribution in [3.05, 3.63) is 61.2 Å². The molecule has 2 aromatic heterocycles. The highest BCUT2D eigenvalue weighted by Gasteiger charge is 1.80. The molecule has 0 saturated carbocycles. The van der Waals surface area contributed by atoms with E-state index in [1.807, 2.05) is 61.2 Å². The quantitative estimate of drug-likeness (QED) is 0.492. The summed E-state index contributed by atoms with van der Waals surface area (Å²) in [6.07, 6.45) is 7.50. The van der Waals surface area contributed by atoms with Crippen LogP contribution in [-0.4, -0.2) is 18.6 Å². The molecular formula is C10H14N2O4Si. The molecule has 0 saturated heterocycles. The summed E-state index contributed by atoms with van der Waals surface area (Å²) in [4.78, 5) is 37.6. The van der Waals surface area contributed by atoms with Crippen molar-refractivity contribution in [2.24, 2.45) is 0 Å². The second-order valence-electron chi connectivity index (χ2n) is 2.70. The molecule has 0 aromatic carbocycles. The Labute approximate surface area is 100.0 Å². The molecule has 7 heteroatoms. The highest BCUT2D eigenvalue weighted by Crippen LogP contribution is 1.69. The van der Waals surface area contributed by atoms with Crippen molar-refractivity contribution in [3.63, 3.8) is 0 Å². The summed E-state index contributed by atoms with van der Waals surface area (Å²) in [7, 11) is -5.11. The van der Waals surface area contributed by atoms with Crippen LogP contribution in [0.15, 0.2) is 61.2 Å². The normalized spacial score (nSPS) is 9.18. The van der Waals surface area contributed by atoms with Gasteiger partial charge in [0.1, 0.15) is 9.05 Å². The molecular weight excluding hydrogens is 240 g/mol. The van der Waals surface area contributed by atoms with E-state index >= 15 is 0 Å². The fraction of sp³-hybridized carbons (Fsp3) is 0. The Balaban J connectivity index is 0.000000228. The molecule has 92 valence electrons. The Kier molecular flexibility index (Phi) is 8.65. The predicted molar refractivity (Wildman–Crippen MR) is 56.2 cm³/mol. The number of rotatable bonds is 0. The second kappa shape index (κ2) is 9.57. The van der Waals surface area contributed by atoms with E-state index in [0.29, 0.717) is 0 Å². The minimum absolute atomic E-state index is 1.88. The molecule has 2 heterocycles. The number of H-pyrrole nitrogens is 2. The minimum Gasteiger partial charge on any atom is -0.828 e. The molecule has 2 aromatic rings. The average molecular weight is 254 g/mol. The van der Waals surface area contributed by atoms with Gasteiger partial charge in [0.2, 0.25) is 0 Å². The maximum atomic E-state index is 8.80. The monoisotopic (exact) mass is 254 g/mol. The van der Waals surface area contributed by atoms with Gasteiger partial charge in [-0.1, -0.05) is 12.1 Å². The Morgan fingerprint density at radius 1 is 0.647 bits per heavy atom. The van der Waals surface area contributed by atoms with Crippen molar-refractivity contribution in [1.29, 1.82) is 0 Å². The summed E-state index contributed by atoms with van der Waals surface area (Å²) in [5.41, 5.74) is 0. The Hall–Kier alpha value is -1.64. The van der Waals surface area contributed by atoms with Crippen LogP contribution in [0.25, 0.3) is 0 Å². The Bertz CT molecular complexity index is 265. The van der Waals surface area contributed by atoms with Gasteiger partial charge in [0, 0.05) is 24.3 Å². The van der Waals surface area contributed by atoms with E-state index in [4.69, 9.17) is 19.2 Å². The van der Waals surface area contributed by atoms with Crippen molar-refractivity contribution in [2.75, 3.05) is 0 Å². The van der Waals surface area contributed by atoms with Crippen LogP contribution >= 0.6 is 0 Å². The first-order valence-electron chi connectivity index (χ1n) is 4.68. The van der Waals surface area contributed by atoms with Crippen molar-refractivity contribution in [1.82, 2.24) is 0 Å². The average Bonchev–Trinajstić information content (AvgIpc) is 2.32. The predicted octanol–water partition coefficient (Wildman–Crippen LogP) is -2.87. The molecule has 2 rings (SSSR count). The molecule has 6 nitrogen and oxygen atoms in total. The fourth-order valence-electron chi connectivity index (χ4n) is 0.684. The maximum absolute atomic E-state index is 8.80. The first-order valence-corrected chi connectivity index (χ1v) is 6.39. The molecule has 0 unspecified atom stereocenters. The topological polar surface area (TPSA) is 115 Å². The van der Waals surface area contributed by atoms with Gasteiger partial charge in [0.05, 0.1) is 0 Å². The van der Waals surface area contributed by atoms with Crippen LogP contribution in [0, 0.1) is 0 Å². The van der Waals surface area contributed by atoms with E-state index in [2.05, 4.69) is 9.97 Å². The number of hydrogen-bond acceptors (Lipinski definition) is 4. The van der Waals surface area contributed by atoms with Crippen LogP contribution < -0.4 is 19.6 Å². The summed E-state index contributed by atoms with van der Waals surface area (Å²) >= 11 is 0. The van der Waals surface area contributed by atoms with Gasteiger partial charge in [-0.15, -0.1) is 0 Å². The summed E-state index contributed by atoms with van der Waals surface area (Å²) in [5, 5.41) is 0. The SMILES string of the molecule is [O-][Si]([O-])(O)O.c1cc[nH+]cc1.c1cc[nH+]cc1. The van der Waals surface area contributed by atoms with Gasteiger partial charge in [-0.25, -0.2) is 9.97 Å². The Morgan fingerprint density at radius 2 is 0.882 bits per heavy atom. The number of aromatic amines is 2. The number of pyridine rings is 2. The second-order valence-corrected chi connectivity index (χ2v) is 3.80. The van der Waals surface area contributed by atoms with Crippen LogP contribution in [0.1, 0.15) is 0 Å². The van der Waals surface area contributed by atoms with Gasteiger partial charge >= 0.3 is 0 Å². The molecule has 0 aliphatic rings. The molecule has 0 fully saturated rings. The summed E-state index contributed by atoms with van der Waals surface area (Å²) in [5.74, 6) is 0. The third-order valence-electron chi connectivity index (χ3n) is 1.21. The molecule has 0 spiro atoms. The van der Waals surface area contributed by atoms with E-state index < -0.39 is 9.05 Å². The number of hydrogen-bond donors (Lipinski definition) is 2. The van der Waals surface area contributed by atoms with Crippen molar-refractivity contribution in [3.8, 4) is 0 Å². The molecule has 17 heavy (non-hydrogen) atoms. The maximum Gasteiger partial charge on any atom is 0.166 e. The molecule has 0 bridgehead atoms. The van der Waals surface area contributed by atoms with Crippen LogP contribution in [0.5, 0.6) is 0 Å². The lowest BCUT2D eigenvalue weighted by molar-refractivity contribution is -0.433. The van der Waals surface area contributed by atoms with Crippen LogP contribution in [-0.2, 0) is 0 Å². The van der Waals surface area contributed by atoms with Gasteiger partial charge in [0.25, 0.3) is 0 Å². The first kappa shape index (κ1) is 15.4. The lowest BCUT2D eigenvalue weighted by Crippen LogP contribution is -2.63. The van der Waals surface area contributed by atoms with Gasteiger partial charge in [0.15, 0.2) is 24.8 Å².